The van der Waals surface area contributed by atoms with Crippen molar-refractivity contribution >= 4 is 5.91 Å². The van der Waals surface area contributed by atoms with Gasteiger partial charge in [-0.15, -0.1) is 0 Å². The standard InChI is InChI=1S/C22H31N3O/c1-17(2)25(18(3)4)16-14-22(24-19(5)26,20-11-7-6-8-12-20)21-13-9-10-15-23-21/h6-13,15,17-18H,14,16H2,1-5H3,(H,24,26). The quantitative estimate of drug-likeness (QED) is 0.781. The first-order valence-electron chi connectivity index (χ1n) is 9.38. The van der Waals surface area contributed by atoms with E-state index in [0.717, 1.165) is 24.2 Å². The van der Waals surface area contributed by atoms with Gasteiger partial charge in [-0.3, -0.25) is 14.7 Å². The monoisotopic (exact) mass is 353 g/mol. The lowest BCUT2D eigenvalue weighted by atomic mass is 9.82. The second-order valence-corrected chi connectivity index (χ2v) is 7.34. The van der Waals surface area contributed by atoms with Gasteiger partial charge in [0, 0.05) is 31.7 Å². The Bertz CT molecular complexity index is 636. The third-order valence-electron chi connectivity index (χ3n) is 4.83. The van der Waals surface area contributed by atoms with Crippen molar-refractivity contribution in [1.29, 1.82) is 0 Å². The summed E-state index contributed by atoms with van der Waals surface area (Å²) in [6, 6.07) is 16.9. The third kappa shape index (κ3) is 4.70. The maximum atomic E-state index is 12.2. The van der Waals surface area contributed by atoms with Crippen molar-refractivity contribution in [3.05, 3.63) is 66.0 Å². The van der Waals surface area contributed by atoms with E-state index in [1.165, 1.54) is 0 Å². The summed E-state index contributed by atoms with van der Waals surface area (Å²) < 4.78 is 0. The maximum Gasteiger partial charge on any atom is 0.217 e. The number of benzene rings is 1. The van der Waals surface area contributed by atoms with Crippen LogP contribution in [0.2, 0.25) is 0 Å². The number of nitrogens with one attached hydrogen (secondary N) is 1. The van der Waals surface area contributed by atoms with Gasteiger partial charge in [0.2, 0.25) is 5.91 Å². The fourth-order valence-electron chi connectivity index (χ4n) is 3.67. The Morgan fingerprint density at radius 2 is 1.65 bits per heavy atom. The van der Waals surface area contributed by atoms with E-state index in [1.54, 1.807) is 13.1 Å². The molecular weight excluding hydrogens is 322 g/mol. The highest BCUT2D eigenvalue weighted by atomic mass is 16.1. The zero-order valence-corrected chi connectivity index (χ0v) is 16.6. The Kier molecular flexibility index (Phi) is 6.92. The van der Waals surface area contributed by atoms with Crippen LogP contribution in [0.1, 0.15) is 52.3 Å². The third-order valence-corrected chi connectivity index (χ3v) is 4.83. The van der Waals surface area contributed by atoms with Crippen LogP contribution in [0.15, 0.2) is 54.7 Å². The Balaban J connectivity index is 2.50. The molecule has 1 unspecified atom stereocenters. The molecular formula is C22H31N3O. The first-order valence-corrected chi connectivity index (χ1v) is 9.38. The minimum atomic E-state index is -0.642. The predicted molar refractivity (Wildman–Crippen MR) is 107 cm³/mol. The first kappa shape index (κ1) is 20.1. The average Bonchev–Trinajstić information content (AvgIpc) is 2.61. The molecule has 1 aromatic heterocycles. The molecule has 140 valence electrons. The Morgan fingerprint density at radius 1 is 1.04 bits per heavy atom. The molecule has 1 atom stereocenters. The van der Waals surface area contributed by atoms with Crippen molar-refractivity contribution in [2.24, 2.45) is 0 Å². The van der Waals surface area contributed by atoms with E-state index >= 15 is 0 Å². The van der Waals surface area contributed by atoms with Crippen LogP contribution in [-0.2, 0) is 10.3 Å². The summed E-state index contributed by atoms with van der Waals surface area (Å²) in [5.74, 6) is -0.0554. The van der Waals surface area contributed by atoms with Crippen molar-refractivity contribution in [3.63, 3.8) is 0 Å². The molecule has 0 aliphatic carbocycles. The number of amides is 1. The van der Waals surface area contributed by atoms with E-state index in [9.17, 15) is 4.79 Å². The van der Waals surface area contributed by atoms with E-state index in [-0.39, 0.29) is 5.91 Å². The molecule has 0 bridgehead atoms. The summed E-state index contributed by atoms with van der Waals surface area (Å²) in [4.78, 5) is 19.2. The molecule has 0 fully saturated rings. The lowest BCUT2D eigenvalue weighted by molar-refractivity contribution is -0.120. The second-order valence-electron chi connectivity index (χ2n) is 7.34. The lowest BCUT2D eigenvalue weighted by Gasteiger charge is -2.38. The van der Waals surface area contributed by atoms with Gasteiger partial charge in [-0.1, -0.05) is 36.4 Å². The number of nitrogens with zero attached hydrogens (tertiary/aromatic N) is 2. The molecule has 4 nitrogen and oxygen atoms in total. The summed E-state index contributed by atoms with van der Waals surface area (Å²) in [6.45, 7) is 11.3. The molecule has 1 N–H and O–H groups in total. The summed E-state index contributed by atoms with van der Waals surface area (Å²) >= 11 is 0. The number of aromatic nitrogens is 1. The fraction of sp³-hybridized carbons (Fsp3) is 0.455. The van der Waals surface area contributed by atoms with Gasteiger partial charge >= 0.3 is 0 Å². The van der Waals surface area contributed by atoms with E-state index in [0.29, 0.717) is 12.1 Å². The number of rotatable bonds is 8. The van der Waals surface area contributed by atoms with E-state index in [4.69, 9.17) is 0 Å². The number of hydrogen-bond acceptors (Lipinski definition) is 3. The Morgan fingerprint density at radius 3 is 2.15 bits per heavy atom. The summed E-state index contributed by atoms with van der Waals surface area (Å²) in [7, 11) is 0. The van der Waals surface area contributed by atoms with Crippen molar-refractivity contribution in [3.8, 4) is 0 Å². The van der Waals surface area contributed by atoms with Crippen LogP contribution in [0.4, 0.5) is 0 Å². The number of hydrogen-bond donors (Lipinski definition) is 1. The summed E-state index contributed by atoms with van der Waals surface area (Å²) in [6.07, 6.45) is 2.54. The largest absolute Gasteiger partial charge is 0.341 e. The molecule has 1 aromatic carbocycles. The molecule has 0 aliphatic heterocycles. The van der Waals surface area contributed by atoms with Gasteiger partial charge < -0.3 is 5.32 Å². The van der Waals surface area contributed by atoms with Crippen LogP contribution in [0, 0.1) is 0 Å². The Labute approximate surface area is 157 Å². The highest BCUT2D eigenvalue weighted by molar-refractivity contribution is 5.75. The minimum Gasteiger partial charge on any atom is -0.341 e. The van der Waals surface area contributed by atoms with E-state index in [1.807, 2.05) is 36.4 Å². The molecule has 0 spiro atoms. The van der Waals surface area contributed by atoms with Crippen molar-refractivity contribution < 1.29 is 4.79 Å². The van der Waals surface area contributed by atoms with Crippen molar-refractivity contribution in [1.82, 2.24) is 15.2 Å². The van der Waals surface area contributed by atoms with Crippen molar-refractivity contribution in [2.75, 3.05) is 6.54 Å². The van der Waals surface area contributed by atoms with E-state index in [2.05, 4.69) is 55.0 Å². The summed E-state index contributed by atoms with van der Waals surface area (Å²) in [5, 5.41) is 3.23. The SMILES string of the molecule is CC(=O)NC(CCN(C(C)C)C(C)C)(c1ccccc1)c1ccccn1. The second kappa shape index (κ2) is 8.95. The Hall–Kier alpha value is -2.20. The molecule has 4 heteroatoms. The van der Waals surface area contributed by atoms with Gasteiger partial charge in [0.05, 0.1) is 5.69 Å². The molecule has 0 aliphatic rings. The van der Waals surface area contributed by atoms with Crippen LogP contribution in [0.25, 0.3) is 0 Å². The lowest BCUT2D eigenvalue weighted by Crippen LogP contribution is -2.50. The molecule has 1 heterocycles. The van der Waals surface area contributed by atoms with Gasteiger partial charge in [0.25, 0.3) is 0 Å². The molecule has 26 heavy (non-hydrogen) atoms. The molecule has 0 radical (unpaired) electrons. The zero-order chi connectivity index (χ0) is 19.2. The molecule has 2 rings (SSSR count). The van der Waals surface area contributed by atoms with Gasteiger partial charge in [-0.25, -0.2) is 0 Å². The van der Waals surface area contributed by atoms with Gasteiger partial charge in [-0.05, 0) is 51.8 Å². The molecule has 0 saturated heterocycles. The van der Waals surface area contributed by atoms with Crippen LogP contribution in [0.5, 0.6) is 0 Å². The van der Waals surface area contributed by atoms with E-state index < -0.39 is 5.54 Å². The van der Waals surface area contributed by atoms with Crippen LogP contribution in [0.3, 0.4) is 0 Å². The maximum absolute atomic E-state index is 12.2. The molecule has 2 aromatic rings. The predicted octanol–water partition coefficient (Wildman–Crippen LogP) is 3.97. The van der Waals surface area contributed by atoms with Gasteiger partial charge in [0.1, 0.15) is 5.54 Å². The topological polar surface area (TPSA) is 45.2 Å². The number of pyridine rings is 1. The van der Waals surface area contributed by atoms with Gasteiger partial charge in [0.15, 0.2) is 0 Å². The smallest absolute Gasteiger partial charge is 0.217 e. The van der Waals surface area contributed by atoms with Crippen molar-refractivity contribution in [2.45, 2.75) is 58.7 Å². The van der Waals surface area contributed by atoms with Gasteiger partial charge in [-0.2, -0.15) is 0 Å². The number of carbonyl (C=O) groups excluding carboxylic acids is 1. The van der Waals surface area contributed by atoms with Crippen LogP contribution < -0.4 is 5.32 Å². The fourth-order valence-corrected chi connectivity index (χ4v) is 3.67. The normalized spacial score (nSPS) is 13.8. The minimum absolute atomic E-state index is 0.0554. The van der Waals surface area contributed by atoms with Crippen LogP contribution >= 0.6 is 0 Å². The first-order chi connectivity index (χ1) is 12.4. The molecule has 1 amide bonds. The highest BCUT2D eigenvalue weighted by Gasteiger charge is 2.37. The zero-order valence-electron chi connectivity index (χ0n) is 16.6. The summed E-state index contributed by atoms with van der Waals surface area (Å²) in [5.41, 5.74) is 1.28. The molecule has 0 saturated carbocycles. The van der Waals surface area contributed by atoms with Crippen LogP contribution in [-0.4, -0.2) is 34.4 Å². The average molecular weight is 354 g/mol. The highest BCUT2D eigenvalue weighted by Crippen LogP contribution is 2.32. The number of carbonyl (C=O) groups is 1.